The molecule has 1 aromatic carbocycles. The number of nitrogens with zero attached hydrogens (tertiary/aromatic N) is 4. The largest absolute Gasteiger partial charge is 0.494 e. The number of benzene rings is 1. The van der Waals surface area contributed by atoms with E-state index in [-0.39, 0.29) is 5.41 Å². The minimum absolute atomic E-state index is 0.232. The molecular weight excluding hydrogens is 430 g/mol. The number of ether oxygens (including phenoxy) is 3. The van der Waals surface area contributed by atoms with Gasteiger partial charge < -0.3 is 19.3 Å². The van der Waals surface area contributed by atoms with Crippen LogP contribution in [0.5, 0.6) is 17.4 Å². The van der Waals surface area contributed by atoms with Gasteiger partial charge in [0.1, 0.15) is 22.9 Å². The highest BCUT2D eigenvalue weighted by Crippen LogP contribution is 2.38. The highest BCUT2D eigenvalue weighted by atomic mass is 32.2. The summed E-state index contributed by atoms with van der Waals surface area (Å²) < 4.78 is 21.5. The minimum Gasteiger partial charge on any atom is -0.494 e. The maximum atomic E-state index is 10.4. The Morgan fingerprint density at radius 3 is 2.25 bits per heavy atom. The van der Waals surface area contributed by atoms with Gasteiger partial charge in [0.2, 0.25) is 11.8 Å². The quantitative estimate of drug-likeness (QED) is 0.462. The Morgan fingerprint density at radius 1 is 1.00 bits per heavy atom. The van der Waals surface area contributed by atoms with E-state index in [1.54, 1.807) is 32.0 Å². The Morgan fingerprint density at radius 2 is 1.66 bits per heavy atom. The van der Waals surface area contributed by atoms with Crippen LogP contribution in [0.15, 0.2) is 36.4 Å². The van der Waals surface area contributed by atoms with Crippen molar-refractivity contribution in [3.05, 3.63) is 36.4 Å². The summed E-state index contributed by atoms with van der Waals surface area (Å²) in [5, 5.41) is 19.1. The molecule has 10 heteroatoms. The third-order valence-electron chi connectivity index (χ3n) is 4.85. The molecule has 0 saturated heterocycles. The van der Waals surface area contributed by atoms with Crippen molar-refractivity contribution >= 4 is 17.9 Å². The van der Waals surface area contributed by atoms with Crippen LogP contribution in [0.25, 0.3) is 17.2 Å². The zero-order chi connectivity index (χ0) is 23.3. The second-order valence-corrected chi connectivity index (χ2v) is 8.88. The van der Waals surface area contributed by atoms with Gasteiger partial charge in [0, 0.05) is 11.8 Å². The zero-order valence-corrected chi connectivity index (χ0v) is 19.9. The predicted octanol–water partition coefficient (Wildman–Crippen LogP) is 3.82. The van der Waals surface area contributed by atoms with E-state index >= 15 is 0 Å². The molecule has 0 radical (unpaired) electrons. The van der Waals surface area contributed by atoms with Gasteiger partial charge in [0.25, 0.3) is 0 Å². The van der Waals surface area contributed by atoms with Crippen LogP contribution < -0.4 is 18.9 Å². The van der Waals surface area contributed by atoms with Crippen molar-refractivity contribution in [2.24, 2.45) is 5.41 Å². The average Bonchev–Trinajstić information content (AvgIpc) is 3.21. The highest BCUT2D eigenvalue weighted by Gasteiger charge is 2.25. The molecule has 1 unspecified atom stereocenters. The molecule has 0 aliphatic carbocycles. The lowest BCUT2D eigenvalue weighted by Crippen LogP contribution is -2.28. The van der Waals surface area contributed by atoms with Gasteiger partial charge >= 0.3 is 0 Å². The predicted molar refractivity (Wildman–Crippen MR) is 126 cm³/mol. The van der Waals surface area contributed by atoms with E-state index in [0.717, 1.165) is 0 Å². The van der Waals surface area contributed by atoms with Crippen molar-refractivity contribution in [1.29, 1.82) is 0 Å². The van der Waals surface area contributed by atoms with Gasteiger partial charge in [-0.25, -0.2) is 4.98 Å². The van der Waals surface area contributed by atoms with Crippen molar-refractivity contribution in [1.82, 2.24) is 19.7 Å². The van der Waals surface area contributed by atoms with Crippen molar-refractivity contribution in [3.8, 4) is 34.6 Å². The smallest absolute Gasteiger partial charge is 0.239 e. The van der Waals surface area contributed by atoms with Gasteiger partial charge in [-0.15, -0.1) is 10.2 Å². The van der Waals surface area contributed by atoms with Crippen LogP contribution in [0.2, 0.25) is 0 Å². The summed E-state index contributed by atoms with van der Waals surface area (Å²) in [5.41, 5.74) is 0.961. The van der Waals surface area contributed by atoms with E-state index < -0.39 is 6.10 Å². The van der Waals surface area contributed by atoms with E-state index in [1.165, 1.54) is 11.9 Å². The summed E-state index contributed by atoms with van der Waals surface area (Å²) in [6.07, 6.45) is -0.503. The van der Waals surface area contributed by atoms with Crippen molar-refractivity contribution < 1.29 is 19.3 Å². The summed E-state index contributed by atoms with van der Waals surface area (Å²) in [6, 6.07) is 10.9. The van der Waals surface area contributed by atoms with E-state index in [1.807, 2.05) is 51.1 Å². The molecule has 2 heterocycles. The van der Waals surface area contributed by atoms with E-state index in [2.05, 4.69) is 19.9 Å². The molecule has 3 aromatic rings. The maximum Gasteiger partial charge on any atom is 0.239 e. The summed E-state index contributed by atoms with van der Waals surface area (Å²) in [6.45, 7) is 5.98. The summed E-state index contributed by atoms with van der Waals surface area (Å²) in [7, 11) is 4.74. The van der Waals surface area contributed by atoms with Gasteiger partial charge in [-0.3, -0.25) is 9.29 Å². The number of aromatic nitrogens is 4. The lowest BCUT2D eigenvalue weighted by molar-refractivity contribution is 0.0843. The number of aliphatic hydroxyl groups excluding tert-OH is 1. The van der Waals surface area contributed by atoms with Crippen molar-refractivity contribution in [2.45, 2.75) is 26.9 Å². The van der Waals surface area contributed by atoms with Crippen LogP contribution >= 0.6 is 11.9 Å². The number of hydrogen-bond acceptors (Lipinski definition) is 9. The van der Waals surface area contributed by atoms with E-state index in [9.17, 15) is 5.11 Å². The van der Waals surface area contributed by atoms with E-state index in [0.29, 0.717) is 46.3 Å². The molecule has 9 nitrogen and oxygen atoms in total. The van der Waals surface area contributed by atoms with Crippen LogP contribution in [-0.2, 0) is 0 Å². The molecule has 0 spiro atoms. The molecule has 0 aliphatic heterocycles. The summed E-state index contributed by atoms with van der Waals surface area (Å²) in [5.74, 6) is 3.00. The first kappa shape index (κ1) is 23.7. The van der Waals surface area contributed by atoms with Crippen molar-refractivity contribution in [3.63, 3.8) is 0 Å². The Bertz CT molecular complexity index is 1030. The topological polar surface area (TPSA) is 104 Å². The fourth-order valence-electron chi connectivity index (χ4n) is 2.87. The van der Waals surface area contributed by atoms with Crippen LogP contribution in [0.4, 0.5) is 5.95 Å². The van der Waals surface area contributed by atoms with Gasteiger partial charge in [0.15, 0.2) is 5.82 Å². The Kier molecular flexibility index (Phi) is 7.47. The number of rotatable bonds is 9. The Hall–Kier alpha value is -2.98. The van der Waals surface area contributed by atoms with Gasteiger partial charge in [0.05, 0.1) is 27.4 Å². The maximum absolute atomic E-state index is 10.4. The van der Waals surface area contributed by atoms with Crippen LogP contribution in [-0.4, -0.2) is 58.0 Å². The molecule has 172 valence electrons. The fourth-order valence-corrected chi connectivity index (χ4v) is 3.87. The van der Waals surface area contributed by atoms with Crippen LogP contribution in [0, 0.1) is 5.41 Å². The summed E-state index contributed by atoms with van der Waals surface area (Å²) in [4.78, 5) is 4.51. The Labute approximate surface area is 192 Å². The molecule has 3 rings (SSSR count). The number of pyridine rings is 1. The molecule has 0 saturated carbocycles. The molecular formula is C22H29N5O4S. The summed E-state index contributed by atoms with van der Waals surface area (Å²) >= 11 is 1.34. The number of hydrogen-bond donors (Lipinski definition) is 2. The van der Waals surface area contributed by atoms with Crippen LogP contribution in [0.3, 0.4) is 0 Å². The standard InChI is InChI=1S/C22H29N5O4S/c1-22(2,3)17(28)13-32-26-21-25-24-20(14-9-7-12-18(23-14)31-6)27(21)19-15(29-4)10-8-11-16(19)30-5/h7-12,17,28H,13H2,1-6H3,(H,25,26). The fraction of sp³-hybridized carbons (Fsp3) is 0.409. The van der Waals surface area contributed by atoms with Crippen molar-refractivity contribution in [2.75, 3.05) is 31.8 Å². The number of anilines is 1. The highest BCUT2D eigenvalue weighted by molar-refractivity contribution is 8.00. The lowest BCUT2D eigenvalue weighted by atomic mass is 9.90. The van der Waals surface area contributed by atoms with Gasteiger partial charge in [-0.2, -0.15) is 0 Å². The van der Waals surface area contributed by atoms with E-state index in [4.69, 9.17) is 14.2 Å². The van der Waals surface area contributed by atoms with Crippen LogP contribution in [0.1, 0.15) is 20.8 Å². The molecule has 0 amide bonds. The molecule has 0 fully saturated rings. The first-order valence-corrected chi connectivity index (χ1v) is 11.0. The number of methoxy groups -OCH3 is 3. The van der Waals surface area contributed by atoms with Gasteiger partial charge in [-0.1, -0.05) is 32.9 Å². The average molecular weight is 460 g/mol. The number of aliphatic hydroxyl groups is 1. The molecule has 0 bridgehead atoms. The third kappa shape index (κ3) is 5.08. The zero-order valence-electron chi connectivity index (χ0n) is 19.1. The molecule has 2 N–H and O–H groups in total. The SMILES string of the molecule is COc1cccc(-c2nnc(NSCC(O)C(C)(C)C)n2-c2c(OC)cccc2OC)n1. The lowest BCUT2D eigenvalue weighted by Gasteiger charge is -2.25. The molecule has 0 aliphatic rings. The monoisotopic (exact) mass is 459 g/mol. The third-order valence-corrected chi connectivity index (χ3v) is 5.66. The van der Waals surface area contributed by atoms with Gasteiger partial charge in [-0.05, 0) is 35.6 Å². The molecule has 32 heavy (non-hydrogen) atoms. The Balaban J connectivity index is 2.09. The molecule has 1 atom stereocenters. The number of nitrogens with one attached hydrogen (secondary N) is 1. The molecule has 2 aromatic heterocycles. The first-order chi connectivity index (χ1) is 15.3. The minimum atomic E-state index is -0.503. The second kappa shape index (κ2) is 10.1. The number of para-hydroxylation sites is 1. The normalized spacial score (nSPS) is 12.3. The first-order valence-electron chi connectivity index (χ1n) is 10.0. The second-order valence-electron chi connectivity index (χ2n) is 8.05.